The molecule has 1 rings (SSSR count). The van der Waals surface area contributed by atoms with E-state index < -0.39 is 0 Å². The summed E-state index contributed by atoms with van der Waals surface area (Å²) in [6, 6.07) is 3.94. The quantitative estimate of drug-likeness (QED) is 0.478. The van der Waals surface area contributed by atoms with Crippen LogP contribution in [0.15, 0.2) is 21.9 Å². The Balaban J connectivity index is 3.18. The number of thiol groups is 1. The Morgan fingerprint density at radius 3 is 2.40 bits per heavy atom. The first-order valence-corrected chi connectivity index (χ1v) is 6.07. The maximum atomic E-state index is 10.8. The lowest BCUT2D eigenvalue weighted by Gasteiger charge is -2.19. The van der Waals surface area contributed by atoms with E-state index in [0.29, 0.717) is 5.56 Å². The van der Waals surface area contributed by atoms with Crippen LogP contribution in [0.3, 0.4) is 0 Å². The predicted molar refractivity (Wildman–Crippen MR) is 69.4 cm³/mol. The highest BCUT2D eigenvalue weighted by molar-refractivity contribution is 8.01. The molecule has 0 amide bonds. The smallest absolute Gasteiger partial charge is 0.151 e. The Hall–Kier alpha value is -0.410. The zero-order valence-electron chi connectivity index (χ0n) is 9.50. The molecule has 1 aromatic carbocycles. The average molecular weight is 240 g/mol. The number of carbonyl (C=O) groups is 1. The first-order valence-electron chi connectivity index (χ1n) is 4.81. The van der Waals surface area contributed by atoms with Gasteiger partial charge in [0.05, 0.1) is 0 Å². The standard InChI is InChI=1S/C12H16OS2/c1-8-5-9(7-13)11(14)10(6-8)15-12(2,3)4/h5-7,14H,1-4H3. The van der Waals surface area contributed by atoms with Gasteiger partial charge < -0.3 is 0 Å². The summed E-state index contributed by atoms with van der Waals surface area (Å²) in [7, 11) is 0. The van der Waals surface area contributed by atoms with E-state index in [1.54, 1.807) is 11.8 Å². The third-order valence-electron chi connectivity index (χ3n) is 1.79. The molecule has 1 nitrogen and oxygen atoms in total. The summed E-state index contributed by atoms with van der Waals surface area (Å²) in [5.74, 6) is 0. The van der Waals surface area contributed by atoms with Gasteiger partial charge in [-0.25, -0.2) is 0 Å². The molecule has 0 saturated heterocycles. The summed E-state index contributed by atoms with van der Waals surface area (Å²) in [6.07, 6.45) is 0.863. The van der Waals surface area contributed by atoms with Crippen LogP contribution in [0.4, 0.5) is 0 Å². The van der Waals surface area contributed by atoms with E-state index in [-0.39, 0.29) is 4.75 Å². The van der Waals surface area contributed by atoms with Crippen LogP contribution in [0.5, 0.6) is 0 Å². The fraction of sp³-hybridized carbons (Fsp3) is 0.417. The van der Waals surface area contributed by atoms with Crippen LogP contribution in [0.25, 0.3) is 0 Å². The molecule has 0 fully saturated rings. The molecule has 0 radical (unpaired) electrons. The zero-order valence-corrected chi connectivity index (χ0v) is 11.2. The van der Waals surface area contributed by atoms with Gasteiger partial charge in [-0.2, -0.15) is 0 Å². The highest BCUT2D eigenvalue weighted by Crippen LogP contribution is 2.37. The Morgan fingerprint density at radius 1 is 1.33 bits per heavy atom. The van der Waals surface area contributed by atoms with Crippen LogP contribution in [0, 0.1) is 6.92 Å². The van der Waals surface area contributed by atoms with Gasteiger partial charge in [-0.05, 0) is 24.6 Å². The normalized spacial score (nSPS) is 11.5. The van der Waals surface area contributed by atoms with Crippen molar-refractivity contribution in [3.8, 4) is 0 Å². The van der Waals surface area contributed by atoms with Crippen molar-refractivity contribution in [1.82, 2.24) is 0 Å². The Kier molecular flexibility index (Phi) is 3.90. The van der Waals surface area contributed by atoms with Crippen LogP contribution >= 0.6 is 24.4 Å². The minimum Gasteiger partial charge on any atom is -0.298 e. The number of hydrogen-bond acceptors (Lipinski definition) is 3. The summed E-state index contributed by atoms with van der Waals surface area (Å²) in [5, 5.41) is 0. The molecule has 0 saturated carbocycles. The second-order valence-corrected chi connectivity index (χ2v) is 6.85. The molecule has 3 heteroatoms. The van der Waals surface area contributed by atoms with Gasteiger partial charge in [0.1, 0.15) is 0 Å². The van der Waals surface area contributed by atoms with Gasteiger partial charge >= 0.3 is 0 Å². The van der Waals surface area contributed by atoms with E-state index in [2.05, 4.69) is 39.5 Å². The number of rotatable bonds is 2. The number of benzene rings is 1. The van der Waals surface area contributed by atoms with Crippen LogP contribution < -0.4 is 0 Å². The van der Waals surface area contributed by atoms with Crippen LogP contribution in [-0.2, 0) is 0 Å². The minimum atomic E-state index is 0.130. The molecule has 1 aromatic rings. The maximum absolute atomic E-state index is 10.8. The SMILES string of the molecule is Cc1cc(C=O)c(S)c(SC(C)(C)C)c1. The van der Waals surface area contributed by atoms with E-state index in [1.807, 2.05) is 13.0 Å². The lowest BCUT2D eigenvalue weighted by atomic mass is 10.1. The molecular formula is C12H16OS2. The van der Waals surface area contributed by atoms with Gasteiger partial charge in [0.2, 0.25) is 0 Å². The lowest BCUT2D eigenvalue weighted by Crippen LogP contribution is -2.07. The Bertz CT molecular complexity index is 378. The summed E-state index contributed by atoms with van der Waals surface area (Å²) >= 11 is 6.13. The number of carbonyl (C=O) groups excluding carboxylic acids is 1. The van der Waals surface area contributed by atoms with Crippen molar-refractivity contribution in [1.29, 1.82) is 0 Å². The Morgan fingerprint density at radius 2 is 1.93 bits per heavy atom. The van der Waals surface area contributed by atoms with Crippen molar-refractivity contribution >= 4 is 30.7 Å². The largest absolute Gasteiger partial charge is 0.298 e. The van der Waals surface area contributed by atoms with Gasteiger partial charge in [0.25, 0.3) is 0 Å². The average Bonchev–Trinajstić information content (AvgIpc) is 2.08. The Labute approximate surface area is 101 Å². The molecule has 0 spiro atoms. The summed E-state index contributed by atoms with van der Waals surface area (Å²) in [5.41, 5.74) is 1.77. The first kappa shape index (κ1) is 12.7. The number of aldehydes is 1. The molecule has 0 unspecified atom stereocenters. The van der Waals surface area contributed by atoms with Gasteiger partial charge in [-0.15, -0.1) is 24.4 Å². The zero-order chi connectivity index (χ0) is 11.6. The third kappa shape index (κ3) is 3.58. The minimum absolute atomic E-state index is 0.130. The monoisotopic (exact) mass is 240 g/mol. The van der Waals surface area contributed by atoms with Gasteiger partial charge in [-0.3, -0.25) is 4.79 Å². The summed E-state index contributed by atoms with van der Waals surface area (Å²) in [6.45, 7) is 8.43. The lowest BCUT2D eigenvalue weighted by molar-refractivity contribution is 0.112. The maximum Gasteiger partial charge on any atom is 0.151 e. The molecule has 0 heterocycles. The molecule has 0 aromatic heterocycles. The molecule has 0 atom stereocenters. The van der Waals surface area contributed by atoms with Crippen LogP contribution in [0.2, 0.25) is 0 Å². The van der Waals surface area contributed by atoms with Crippen molar-refractivity contribution in [2.24, 2.45) is 0 Å². The fourth-order valence-corrected chi connectivity index (χ4v) is 2.71. The molecule has 0 aliphatic carbocycles. The molecular weight excluding hydrogens is 224 g/mol. The van der Waals surface area contributed by atoms with Crippen molar-refractivity contribution in [2.75, 3.05) is 0 Å². The molecule has 15 heavy (non-hydrogen) atoms. The van der Waals surface area contributed by atoms with E-state index in [0.717, 1.165) is 21.6 Å². The number of thioether (sulfide) groups is 1. The van der Waals surface area contributed by atoms with Crippen molar-refractivity contribution in [3.63, 3.8) is 0 Å². The molecule has 0 bridgehead atoms. The van der Waals surface area contributed by atoms with Crippen molar-refractivity contribution < 1.29 is 4.79 Å². The van der Waals surface area contributed by atoms with Crippen molar-refractivity contribution in [3.05, 3.63) is 23.3 Å². The highest BCUT2D eigenvalue weighted by atomic mass is 32.2. The van der Waals surface area contributed by atoms with Crippen molar-refractivity contribution in [2.45, 2.75) is 42.2 Å². The second kappa shape index (κ2) is 4.62. The molecule has 0 N–H and O–H groups in total. The van der Waals surface area contributed by atoms with E-state index in [1.165, 1.54) is 0 Å². The highest BCUT2D eigenvalue weighted by Gasteiger charge is 2.15. The van der Waals surface area contributed by atoms with E-state index in [9.17, 15) is 4.79 Å². The second-order valence-electron chi connectivity index (χ2n) is 4.53. The third-order valence-corrected chi connectivity index (χ3v) is 3.60. The van der Waals surface area contributed by atoms with Gasteiger partial charge in [0.15, 0.2) is 6.29 Å². The summed E-state index contributed by atoms with van der Waals surface area (Å²) in [4.78, 5) is 12.7. The van der Waals surface area contributed by atoms with Gasteiger partial charge in [0, 0.05) is 20.1 Å². The summed E-state index contributed by atoms with van der Waals surface area (Å²) < 4.78 is 0.130. The van der Waals surface area contributed by atoms with Gasteiger partial charge in [-0.1, -0.05) is 20.8 Å². The first-order chi connectivity index (χ1) is 6.83. The van der Waals surface area contributed by atoms with E-state index >= 15 is 0 Å². The predicted octanol–water partition coefficient (Wildman–Crippen LogP) is 3.99. The van der Waals surface area contributed by atoms with E-state index in [4.69, 9.17) is 0 Å². The molecule has 0 aliphatic rings. The fourth-order valence-electron chi connectivity index (χ4n) is 1.27. The molecule has 82 valence electrons. The number of hydrogen-bond donors (Lipinski definition) is 1. The van der Waals surface area contributed by atoms with Crippen LogP contribution in [-0.4, -0.2) is 11.0 Å². The number of aryl methyl sites for hydroxylation is 1. The topological polar surface area (TPSA) is 17.1 Å². The van der Waals surface area contributed by atoms with Crippen LogP contribution in [0.1, 0.15) is 36.7 Å². The molecule has 0 aliphatic heterocycles.